The average molecular weight is 427 g/mol. The van der Waals surface area contributed by atoms with Gasteiger partial charge in [-0.2, -0.15) is 4.31 Å². The molecule has 0 unspecified atom stereocenters. The first kappa shape index (κ1) is 20.6. The minimum Gasteiger partial charge on any atom is -0.496 e. The number of aldehydes is 1. The molecule has 4 rings (SSSR count). The van der Waals surface area contributed by atoms with Crippen molar-refractivity contribution in [2.75, 3.05) is 20.2 Å². The van der Waals surface area contributed by atoms with E-state index < -0.39 is 10.0 Å². The zero-order valence-corrected chi connectivity index (χ0v) is 18.1. The first-order chi connectivity index (χ1) is 14.5. The summed E-state index contributed by atoms with van der Waals surface area (Å²) >= 11 is 0. The van der Waals surface area contributed by atoms with Gasteiger partial charge in [-0.25, -0.2) is 8.42 Å². The van der Waals surface area contributed by atoms with E-state index in [-0.39, 0.29) is 4.90 Å². The Balaban J connectivity index is 1.80. The number of aromatic nitrogens is 1. The van der Waals surface area contributed by atoms with Gasteiger partial charge in [0.2, 0.25) is 10.0 Å². The number of H-pyrrole nitrogens is 1. The van der Waals surface area contributed by atoms with E-state index in [9.17, 15) is 13.2 Å². The second-order valence-electron chi connectivity index (χ2n) is 7.74. The lowest BCUT2D eigenvalue weighted by Gasteiger charge is -2.20. The number of ether oxygens (including phenoxy) is 1. The summed E-state index contributed by atoms with van der Waals surface area (Å²) < 4.78 is 33.3. The van der Waals surface area contributed by atoms with Crippen molar-refractivity contribution in [2.45, 2.75) is 37.5 Å². The summed E-state index contributed by atoms with van der Waals surface area (Å²) in [5.41, 5.74) is 3.67. The van der Waals surface area contributed by atoms with Crippen LogP contribution in [0.15, 0.2) is 41.3 Å². The number of sulfonamides is 1. The Bertz CT molecular complexity index is 1190. The Morgan fingerprint density at radius 3 is 2.40 bits per heavy atom. The van der Waals surface area contributed by atoms with E-state index in [1.54, 1.807) is 29.6 Å². The van der Waals surface area contributed by atoms with Gasteiger partial charge in [0, 0.05) is 29.6 Å². The molecule has 1 saturated heterocycles. The van der Waals surface area contributed by atoms with Crippen molar-refractivity contribution in [2.24, 2.45) is 0 Å². The maximum absolute atomic E-state index is 13.2. The molecule has 0 amide bonds. The van der Waals surface area contributed by atoms with Crippen LogP contribution in [0.2, 0.25) is 0 Å². The monoisotopic (exact) mass is 426 g/mol. The first-order valence-corrected chi connectivity index (χ1v) is 11.7. The van der Waals surface area contributed by atoms with Gasteiger partial charge in [0.1, 0.15) is 5.75 Å². The van der Waals surface area contributed by atoms with Crippen LogP contribution >= 0.6 is 0 Å². The summed E-state index contributed by atoms with van der Waals surface area (Å²) in [4.78, 5) is 15.5. The Kier molecular flexibility index (Phi) is 5.66. The van der Waals surface area contributed by atoms with E-state index in [1.165, 1.54) is 0 Å². The number of rotatable bonds is 5. The first-order valence-electron chi connectivity index (χ1n) is 10.2. The van der Waals surface area contributed by atoms with Gasteiger partial charge >= 0.3 is 0 Å². The standard InChI is InChI=1S/C23H26N2O4S/c1-16-13-17(7-10-22(16)29-2)23-20(15-26)19-14-18(8-9-21(19)24-23)30(27,28)25-11-5-3-4-6-12-25/h7-10,13-15,24H,3-6,11-12H2,1-2H3. The van der Waals surface area contributed by atoms with Gasteiger partial charge in [0.25, 0.3) is 0 Å². The van der Waals surface area contributed by atoms with Crippen LogP contribution < -0.4 is 4.74 Å². The van der Waals surface area contributed by atoms with Crippen molar-refractivity contribution >= 4 is 27.2 Å². The number of benzene rings is 2. The third kappa shape index (κ3) is 3.63. The second kappa shape index (κ2) is 8.24. The van der Waals surface area contributed by atoms with Crippen LogP contribution in [0, 0.1) is 6.92 Å². The number of nitrogens with zero attached hydrogens (tertiary/aromatic N) is 1. The van der Waals surface area contributed by atoms with Gasteiger partial charge in [-0.05, 0) is 67.3 Å². The Morgan fingerprint density at radius 2 is 1.77 bits per heavy atom. The molecule has 0 aliphatic carbocycles. The summed E-state index contributed by atoms with van der Waals surface area (Å²) in [5, 5.41) is 0.615. The van der Waals surface area contributed by atoms with Crippen LogP contribution in [0.4, 0.5) is 0 Å². The highest BCUT2D eigenvalue weighted by Gasteiger charge is 2.26. The number of aryl methyl sites for hydroxylation is 1. The molecule has 0 bridgehead atoms. The predicted octanol–water partition coefficient (Wildman–Crippen LogP) is 4.53. The molecule has 3 aromatic rings. The predicted molar refractivity (Wildman–Crippen MR) is 118 cm³/mol. The van der Waals surface area contributed by atoms with Crippen LogP contribution in [0.3, 0.4) is 0 Å². The van der Waals surface area contributed by atoms with Crippen LogP contribution in [0.5, 0.6) is 5.75 Å². The molecule has 6 nitrogen and oxygen atoms in total. The summed E-state index contributed by atoms with van der Waals surface area (Å²) in [5.74, 6) is 0.772. The molecule has 1 fully saturated rings. The fraction of sp³-hybridized carbons (Fsp3) is 0.348. The zero-order valence-electron chi connectivity index (χ0n) is 17.3. The third-order valence-corrected chi connectivity index (χ3v) is 7.71. The molecular formula is C23H26N2O4S. The van der Waals surface area contributed by atoms with Gasteiger partial charge < -0.3 is 9.72 Å². The molecule has 30 heavy (non-hydrogen) atoms. The molecule has 2 heterocycles. The number of carbonyl (C=O) groups is 1. The quantitative estimate of drug-likeness (QED) is 0.608. The molecule has 0 saturated carbocycles. The summed E-state index contributed by atoms with van der Waals surface area (Å²) in [7, 11) is -1.97. The van der Waals surface area contributed by atoms with Crippen LogP contribution in [-0.4, -0.2) is 44.2 Å². The lowest BCUT2D eigenvalue weighted by molar-refractivity contribution is 0.112. The van der Waals surface area contributed by atoms with Gasteiger partial charge in [-0.15, -0.1) is 0 Å². The van der Waals surface area contributed by atoms with Crippen molar-refractivity contribution in [3.05, 3.63) is 47.5 Å². The van der Waals surface area contributed by atoms with Crippen molar-refractivity contribution in [3.63, 3.8) is 0 Å². The molecule has 2 aromatic carbocycles. The Morgan fingerprint density at radius 1 is 1.03 bits per heavy atom. The smallest absolute Gasteiger partial charge is 0.243 e. The van der Waals surface area contributed by atoms with E-state index in [1.807, 2.05) is 25.1 Å². The fourth-order valence-corrected chi connectivity index (χ4v) is 5.71. The minimum absolute atomic E-state index is 0.233. The van der Waals surface area contributed by atoms with Gasteiger partial charge in [-0.3, -0.25) is 4.79 Å². The molecule has 0 atom stereocenters. The van der Waals surface area contributed by atoms with Gasteiger partial charge in [-0.1, -0.05) is 12.8 Å². The number of carbonyl (C=O) groups excluding carboxylic acids is 1. The number of aromatic amines is 1. The molecule has 1 N–H and O–H groups in total. The molecule has 0 radical (unpaired) electrons. The third-order valence-electron chi connectivity index (χ3n) is 5.81. The van der Waals surface area contributed by atoms with Crippen molar-refractivity contribution < 1.29 is 17.9 Å². The average Bonchev–Trinajstić information content (AvgIpc) is 2.89. The number of hydrogen-bond donors (Lipinski definition) is 1. The van der Waals surface area contributed by atoms with Crippen LogP contribution in [0.1, 0.15) is 41.6 Å². The van der Waals surface area contributed by atoms with E-state index in [0.717, 1.165) is 54.4 Å². The highest BCUT2D eigenvalue weighted by Crippen LogP contribution is 2.33. The summed E-state index contributed by atoms with van der Waals surface area (Å²) in [6, 6.07) is 10.7. The second-order valence-corrected chi connectivity index (χ2v) is 9.68. The van der Waals surface area contributed by atoms with Crippen molar-refractivity contribution in [1.29, 1.82) is 0 Å². The molecule has 1 aromatic heterocycles. The number of methoxy groups -OCH3 is 1. The highest BCUT2D eigenvalue weighted by molar-refractivity contribution is 7.89. The maximum atomic E-state index is 13.2. The lowest BCUT2D eigenvalue weighted by Crippen LogP contribution is -2.31. The van der Waals surface area contributed by atoms with Crippen LogP contribution in [-0.2, 0) is 10.0 Å². The van der Waals surface area contributed by atoms with Gasteiger partial charge in [0.05, 0.1) is 17.7 Å². The number of nitrogens with one attached hydrogen (secondary N) is 1. The van der Waals surface area contributed by atoms with E-state index in [2.05, 4.69) is 4.98 Å². The van der Waals surface area contributed by atoms with E-state index >= 15 is 0 Å². The largest absolute Gasteiger partial charge is 0.496 e. The van der Waals surface area contributed by atoms with Crippen molar-refractivity contribution in [3.8, 4) is 17.0 Å². The molecule has 0 spiro atoms. The van der Waals surface area contributed by atoms with Crippen molar-refractivity contribution in [1.82, 2.24) is 9.29 Å². The van der Waals surface area contributed by atoms with E-state index in [0.29, 0.717) is 29.7 Å². The molecule has 158 valence electrons. The summed E-state index contributed by atoms with van der Waals surface area (Å²) in [6.45, 7) is 3.03. The maximum Gasteiger partial charge on any atom is 0.243 e. The SMILES string of the molecule is COc1ccc(-c2[nH]c3ccc(S(=O)(=O)N4CCCCCC4)cc3c2C=O)cc1C. The molecule has 1 aliphatic heterocycles. The highest BCUT2D eigenvalue weighted by atomic mass is 32.2. The molecular weight excluding hydrogens is 400 g/mol. The van der Waals surface area contributed by atoms with Gasteiger partial charge in [0.15, 0.2) is 6.29 Å². The fourth-order valence-electron chi connectivity index (χ4n) is 4.17. The number of hydrogen-bond acceptors (Lipinski definition) is 4. The van der Waals surface area contributed by atoms with Crippen LogP contribution in [0.25, 0.3) is 22.2 Å². The molecule has 1 aliphatic rings. The van der Waals surface area contributed by atoms with E-state index in [4.69, 9.17) is 4.74 Å². The Hall–Kier alpha value is -2.64. The lowest BCUT2D eigenvalue weighted by atomic mass is 10.0. The Labute approximate surface area is 176 Å². The zero-order chi connectivity index (χ0) is 21.3. The number of fused-ring (bicyclic) bond motifs is 1. The minimum atomic E-state index is -3.59. The molecule has 7 heteroatoms. The topological polar surface area (TPSA) is 79.5 Å². The normalized spacial score (nSPS) is 15.8. The summed E-state index contributed by atoms with van der Waals surface area (Å²) in [6.07, 6.45) is 4.67.